The molecular formula is C17H23N3O2. The number of hydrogen-bond acceptors (Lipinski definition) is 3. The van der Waals surface area contributed by atoms with Crippen molar-refractivity contribution in [1.82, 2.24) is 0 Å². The van der Waals surface area contributed by atoms with E-state index in [0.717, 1.165) is 30.6 Å². The summed E-state index contributed by atoms with van der Waals surface area (Å²) in [7, 11) is 0. The third-order valence-corrected chi connectivity index (χ3v) is 4.63. The average Bonchev–Trinajstić information content (AvgIpc) is 2.51. The Balaban J connectivity index is 1.99. The Labute approximate surface area is 130 Å². The number of nitrogens with zero attached hydrogens (tertiary/aromatic N) is 1. The van der Waals surface area contributed by atoms with Crippen LogP contribution < -0.4 is 16.0 Å². The molecule has 5 nitrogen and oxygen atoms in total. The van der Waals surface area contributed by atoms with Crippen LogP contribution in [0.4, 0.5) is 11.4 Å². The lowest BCUT2D eigenvalue weighted by molar-refractivity contribution is -0.120. The average molecular weight is 301 g/mol. The van der Waals surface area contributed by atoms with Gasteiger partial charge in [-0.2, -0.15) is 0 Å². The maximum atomic E-state index is 12.6. The van der Waals surface area contributed by atoms with E-state index in [2.05, 4.69) is 17.4 Å². The first-order valence-electron chi connectivity index (χ1n) is 8.12. The van der Waals surface area contributed by atoms with E-state index >= 15 is 0 Å². The van der Waals surface area contributed by atoms with Crippen molar-refractivity contribution in [3.8, 4) is 0 Å². The third-order valence-electron chi connectivity index (χ3n) is 4.63. The summed E-state index contributed by atoms with van der Waals surface area (Å²) in [4.78, 5) is 25.5. The Morgan fingerprint density at radius 3 is 2.64 bits per heavy atom. The second kappa shape index (κ2) is 5.99. The standard InChI is InChI=1S/C17H23N3O2/c1-2-13-17(22)20(8-7-16(18)21)15-10-12-6-4-3-5-11(12)9-14(15)19-13/h9-10,13,19H,2-8H2,1H3,(H2,18,21). The topological polar surface area (TPSA) is 75.4 Å². The molecule has 1 aliphatic heterocycles. The highest BCUT2D eigenvalue weighted by Crippen LogP contribution is 2.37. The van der Waals surface area contributed by atoms with E-state index in [1.165, 1.54) is 24.0 Å². The number of benzene rings is 1. The van der Waals surface area contributed by atoms with Gasteiger partial charge in [-0.25, -0.2) is 0 Å². The molecule has 22 heavy (non-hydrogen) atoms. The van der Waals surface area contributed by atoms with Gasteiger partial charge in [0.2, 0.25) is 11.8 Å². The summed E-state index contributed by atoms with van der Waals surface area (Å²) in [6.07, 6.45) is 5.52. The first-order valence-corrected chi connectivity index (χ1v) is 8.12. The highest BCUT2D eigenvalue weighted by atomic mass is 16.2. The minimum atomic E-state index is -0.376. The van der Waals surface area contributed by atoms with Gasteiger partial charge in [0.15, 0.2) is 0 Å². The molecule has 5 heteroatoms. The van der Waals surface area contributed by atoms with E-state index in [-0.39, 0.29) is 24.3 Å². The van der Waals surface area contributed by atoms with E-state index in [0.29, 0.717) is 6.54 Å². The van der Waals surface area contributed by atoms with Gasteiger partial charge in [-0.15, -0.1) is 0 Å². The van der Waals surface area contributed by atoms with Gasteiger partial charge in [-0.05, 0) is 55.4 Å². The molecule has 0 radical (unpaired) electrons. The summed E-state index contributed by atoms with van der Waals surface area (Å²) in [5.41, 5.74) is 9.89. The van der Waals surface area contributed by atoms with Gasteiger partial charge in [0.05, 0.1) is 11.4 Å². The summed E-state index contributed by atoms with van der Waals surface area (Å²) in [5, 5.41) is 3.36. The van der Waals surface area contributed by atoms with Crippen molar-refractivity contribution in [2.45, 2.75) is 51.5 Å². The van der Waals surface area contributed by atoms with Crippen LogP contribution in [-0.2, 0) is 22.4 Å². The number of rotatable bonds is 4. The minimum absolute atomic E-state index is 0.0343. The highest BCUT2D eigenvalue weighted by Gasteiger charge is 2.32. The molecule has 0 bridgehead atoms. The molecule has 3 rings (SSSR count). The van der Waals surface area contributed by atoms with Gasteiger partial charge in [-0.1, -0.05) is 6.92 Å². The normalized spacial score (nSPS) is 20.1. The molecule has 1 aromatic rings. The fraction of sp³-hybridized carbons (Fsp3) is 0.529. The highest BCUT2D eigenvalue weighted by molar-refractivity contribution is 6.05. The first-order chi connectivity index (χ1) is 10.6. The third kappa shape index (κ3) is 2.67. The lowest BCUT2D eigenvalue weighted by atomic mass is 9.89. The molecule has 0 aromatic heterocycles. The van der Waals surface area contributed by atoms with Gasteiger partial charge in [0, 0.05) is 13.0 Å². The molecule has 2 amide bonds. The number of anilines is 2. The Morgan fingerprint density at radius 1 is 1.32 bits per heavy atom. The zero-order chi connectivity index (χ0) is 15.7. The zero-order valence-corrected chi connectivity index (χ0v) is 13.0. The fourth-order valence-corrected chi connectivity index (χ4v) is 3.40. The van der Waals surface area contributed by atoms with Crippen molar-refractivity contribution in [2.24, 2.45) is 5.73 Å². The van der Waals surface area contributed by atoms with Crippen molar-refractivity contribution in [3.05, 3.63) is 23.3 Å². The molecule has 0 fully saturated rings. The first kappa shape index (κ1) is 14.9. The SMILES string of the molecule is CCC1Nc2cc3c(cc2N(CCC(N)=O)C1=O)CCCC3. The van der Waals surface area contributed by atoms with Gasteiger partial charge in [0.1, 0.15) is 6.04 Å². The van der Waals surface area contributed by atoms with Crippen molar-refractivity contribution in [3.63, 3.8) is 0 Å². The maximum Gasteiger partial charge on any atom is 0.249 e. The molecule has 1 aromatic carbocycles. The van der Waals surface area contributed by atoms with Crippen LogP contribution in [0.25, 0.3) is 0 Å². The van der Waals surface area contributed by atoms with Crippen LogP contribution in [0.5, 0.6) is 0 Å². The summed E-state index contributed by atoms with van der Waals surface area (Å²) < 4.78 is 0. The molecule has 1 heterocycles. The van der Waals surface area contributed by atoms with Crippen LogP contribution in [0.2, 0.25) is 0 Å². The summed E-state index contributed by atoms with van der Waals surface area (Å²) in [6, 6.07) is 4.10. The molecule has 118 valence electrons. The van der Waals surface area contributed by atoms with E-state index in [1.807, 2.05) is 6.92 Å². The van der Waals surface area contributed by atoms with Gasteiger partial charge >= 0.3 is 0 Å². The van der Waals surface area contributed by atoms with Crippen LogP contribution in [-0.4, -0.2) is 24.4 Å². The number of nitrogens with one attached hydrogen (secondary N) is 1. The van der Waals surface area contributed by atoms with Crippen LogP contribution >= 0.6 is 0 Å². The van der Waals surface area contributed by atoms with E-state index in [4.69, 9.17) is 5.73 Å². The Hall–Kier alpha value is -2.04. The summed E-state index contributed by atoms with van der Waals surface area (Å²) >= 11 is 0. The predicted octanol–water partition coefficient (Wildman–Crippen LogP) is 1.98. The van der Waals surface area contributed by atoms with Crippen LogP contribution in [0.15, 0.2) is 12.1 Å². The van der Waals surface area contributed by atoms with E-state index < -0.39 is 0 Å². The second-order valence-corrected chi connectivity index (χ2v) is 6.16. The van der Waals surface area contributed by atoms with Crippen molar-refractivity contribution < 1.29 is 9.59 Å². The van der Waals surface area contributed by atoms with Crippen LogP contribution in [0, 0.1) is 0 Å². The van der Waals surface area contributed by atoms with Crippen molar-refractivity contribution >= 4 is 23.2 Å². The number of nitrogens with two attached hydrogens (primary N) is 1. The number of hydrogen-bond donors (Lipinski definition) is 2. The smallest absolute Gasteiger partial charge is 0.249 e. The Bertz CT molecular complexity index is 612. The quantitative estimate of drug-likeness (QED) is 0.893. The Kier molecular flexibility index (Phi) is 4.05. The molecule has 1 unspecified atom stereocenters. The minimum Gasteiger partial charge on any atom is -0.372 e. The lowest BCUT2D eigenvalue weighted by Gasteiger charge is -2.36. The number of carbonyl (C=O) groups is 2. The fourth-order valence-electron chi connectivity index (χ4n) is 3.40. The lowest BCUT2D eigenvalue weighted by Crippen LogP contribution is -2.48. The molecule has 0 saturated carbocycles. The molecule has 3 N–H and O–H groups in total. The van der Waals surface area contributed by atoms with Gasteiger partial charge < -0.3 is 16.0 Å². The number of primary amides is 1. The predicted molar refractivity (Wildman–Crippen MR) is 87.0 cm³/mol. The number of aryl methyl sites for hydroxylation is 2. The monoisotopic (exact) mass is 301 g/mol. The zero-order valence-electron chi connectivity index (χ0n) is 13.0. The van der Waals surface area contributed by atoms with Crippen LogP contribution in [0.3, 0.4) is 0 Å². The number of amides is 2. The number of fused-ring (bicyclic) bond motifs is 2. The van der Waals surface area contributed by atoms with Crippen molar-refractivity contribution in [2.75, 3.05) is 16.8 Å². The van der Waals surface area contributed by atoms with Crippen molar-refractivity contribution in [1.29, 1.82) is 0 Å². The molecule has 1 aliphatic carbocycles. The molecule has 0 spiro atoms. The molecule has 0 saturated heterocycles. The summed E-state index contributed by atoms with van der Waals surface area (Å²) in [5.74, 6) is -0.342. The number of carbonyl (C=O) groups excluding carboxylic acids is 2. The molecule has 2 aliphatic rings. The van der Waals surface area contributed by atoms with E-state index in [9.17, 15) is 9.59 Å². The second-order valence-electron chi connectivity index (χ2n) is 6.16. The van der Waals surface area contributed by atoms with Gasteiger partial charge in [0.25, 0.3) is 0 Å². The van der Waals surface area contributed by atoms with Gasteiger partial charge in [-0.3, -0.25) is 9.59 Å². The molecule has 1 atom stereocenters. The molecular weight excluding hydrogens is 278 g/mol. The van der Waals surface area contributed by atoms with Crippen LogP contribution in [0.1, 0.15) is 43.7 Å². The maximum absolute atomic E-state index is 12.6. The largest absolute Gasteiger partial charge is 0.372 e. The van der Waals surface area contributed by atoms with E-state index in [1.54, 1.807) is 4.90 Å². The summed E-state index contributed by atoms with van der Waals surface area (Å²) in [6.45, 7) is 2.35. The Morgan fingerprint density at radius 2 is 2.00 bits per heavy atom.